The van der Waals surface area contributed by atoms with Gasteiger partial charge in [0.15, 0.2) is 5.96 Å². The minimum Gasteiger partial charge on any atom is -0.368 e. The van der Waals surface area contributed by atoms with Gasteiger partial charge in [-0.25, -0.2) is 13.1 Å². The average molecular weight is 551 g/mol. The number of hydrogen-bond acceptors (Lipinski definition) is 5. The van der Waals surface area contributed by atoms with Gasteiger partial charge in [0.2, 0.25) is 10.0 Å². The second kappa shape index (κ2) is 11.3. The van der Waals surface area contributed by atoms with Crippen LogP contribution in [0.1, 0.15) is 18.4 Å². The fourth-order valence-corrected chi connectivity index (χ4v) is 4.26. The van der Waals surface area contributed by atoms with Crippen molar-refractivity contribution < 1.29 is 17.9 Å². The zero-order valence-electron chi connectivity index (χ0n) is 17.3. The second-order valence-corrected chi connectivity index (χ2v) is 8.95. The first-order valence-corrected chi connectivity index (χ1v) is 11.3. The smallest absolute Gasteiger partial charge is 0.251 e. The quantitative estimate of drug-likeness (QED) is 0.316. The van der Waals surface area contributed by atoms with Crippen molar-refractivity contribution in [2.45, 2.75) is 30.4 Å². The van der Waals surface area contributed by atoms with Gasteiger partial charge in [-0.3, -0.25) is 9.79 Å². The molecule has 2 aliphatic rings. The fourth-order valence-electron chi connectivity index (χ4n) is 3.53. The standard InChI is InChI=1S/C19H29N5O4S.HI/c1-20-19(22-14-15-5-7-16(8-6-15)29(26,27)21-2)24-11-9-23(10-12-24)18(25)17-4-3-13-28-17;/h5-8,17,21H,3-4,9-14H2,1-2H3,(H,20,22);1H. The monoisotopic (exact) mass is 551 g/mol. The highest BCUT2D eigenvalue weighted by atomic mass is 127. The van der Waals surface area contributed by atoms with Crippen LogP contribution in [0.4, 0.5) is 0 Å². The summed E-state index contributed by atoms with van der Waals surface area (Å²) in [7, 11) is -0.307. The lowest BCUT2D eigenvalue weighted by molar-refractivity contribution is -0.142. The largest absolute Gasteiger partial charge is 0.368 e. The van der Waals surface area contributed by atoms with Crippen molar-refractivity contribution in [3.8, 4) is 0 Å². The molecule has 1 unspecified atom stereocenters. The summed E-state index contributed by atoms with van der Waals surface area (Å²) < 4.78 is 31.4. The van der Waals surface area contributed by atoms with Crippen LogP contribution in [0, 0.1) is 0 Å². The van der Waals surface area contributed by atoms with Crippen LogP contribution in [0.15, 0.2) is 34.2 Å². The van der Waals surface area contributed by atoms with Crippen LogP contribution in [0.3, 0.4) is 0 Å². The van der Waals surface area contributed by atoms with Gasteiger partial charge in [-0.2, -0.15) is 0 Å². The molecule has 30 heavy (non-hydrogen) atoms. The minimum absolute atomic E-state index is 0. The van der Waals surface area contributed by atoms with E-state index in [4.69, 9.17) is 4.74 Å². The van der Waals surface area contributed by atoms with E-state index in [1.165, 1.54) is 7.05 Å². The number of ether oxygens (including phenoxy) is 1. The number of amides is 1. The van der Waals surface area contributed by atoms with E-state index in [9.17, 15) is 13.2 Å². The first kappa shape index (κ1) is 24.8. The number of rotatable bonds is 5. The number of benzene rings is 1. The van der Waals surface area contributed by atoms with Crippen LogP contribution in [0.25, 0.3) is 0 Å². The Morgan fingerprint density at radius 1 is 1.17 bits per heavy atom. The van der Waals surface area contributed by atoms with E-state index in [1.54, 1.807) is 31.3 Å². The molecule has 1 amide bonds. The third-order valence-corrected chi connectivity index (χ3v) is 6.69. The highest BCUT2D eigenvalue weighted by Gasteiger charge is 2.30. The van der Waals surface area contributed by atoms with Crippen molar-refractivity contribution in [2.24, 2.45) is 4.99 Å². The van der Waals surface area contributed by atoms with Crippen LogP contribution < -0.4 is 10.0 Å². The van der Waals surface area contributed by atoms with Crippen LogP contribution in [0.2, 0.25) is 0 Å². The summed E-state index contributed by atoms with van der Waals surface area (Å²) in [4.78, 5) is 21.0. The van der Waals surface area contributed by atoms with Crippen molar-refractivity contribution >= 4 is 45.9 Å². The van der Waals surface area contributed by atoms with E-state index in [1.807, 2.05) is 4.90 Å². The lowest BCUT2D eigenvalue weighted by Crippen LogP contribution is -2.55. The van der Waals surface area contributed by atoms with E-state index in [-0.39, 0.29) is 40.9 Å². The molecule has 0 aromatic heterocycles. The molecular weight excluding hydrogens is 521 g/mol. The Bertz CT molecular complexity index is 833. The summed E-state index contributed by atoms with van der Waals surface area (Å²) >= 11 is 0. The van der Waals surface area contributed by atoms with Gasteiger partial charge in [0.1, 0.15) is 6.10 Å². The Kier molecular flexibility index (Phi) is 9.31. The molecule has 9 nitrogen and oxygen atoms in total. The zero-order chi connectivity index (χ0) is 20.9. The Hall–Kier alpha value is -1.44. The molecule has 0 radical (unpaired) electrons. The molecule has 3 rings (SSSR count). The SMILES string of the molecule is CN=C(NCc1ccc(S(=O)(=O)NC)cc1)N1CCN(C(=O)C2CCCO2)CC1.I. The molecular formula is C19H30IN5O4S. The number of nitrogens with zero attached hydrogens (tertiary/aromatic N) is 3. The molecule has 1 aromatic carbocycles. The molecule has 11 heteroatoms. The van der Waals surface area contributed by atoms with Gasteiger partial charge in [-0.15, -0.1) is 24.0 Å². The number of halogens is 1. The van der Waals surface area contributed by atoms with Crippen molar-refractivity contribution in [1.82, 2.24) is 19.8 Å². The van der Waals surface area contributed by atoms with E-state index in [0.29, 0.717) is 39.3 Å². The van der Waals surface area contributed by atoms with E-state index < -0.39 is 10.0 Å². The molecule has 2 N–H and O–H groups in total. The summed E-state index contributed by atoms with van der Waals surface area (Å²) in [5.74, 6) is 0.864. The lowest BCUT2D eigenvalue weighted by Gasteiger charge is -2.37. The van der Waals surface area contributed by atoms with Crippen molar-refractivity contribution in [3.05, 3.63) is 29.8 Å². The Labute approximate surface area is 195 Å². The number of sulfonamides is 1. The maximum Gasteiger partial charge on any atom is 0.251 e. The van der Waals surface area contributed by atoms with Gasteiger partial charge < -0.3 is 19.9 Å². The van der Waals surface area contributed by atoms with Gasteiger partial charge in [0.25, 0.3) is 5.91 Å². The third-order valence-electron chi connectivity index (χ3n) is 5.26. The molecule has 1 aromatic rings. The predicted octanol–water partition coefficient (Wildman–Crippen LogP) is 0.611. The molecule has 0 spiro atoms. The van der Waals surface area contributed by atoms with Gasteiger partial charge in [0.05, 0.1) is 4.90 Å². The van der Waals surface area contributed by atoms with Crippen LogP contribution in [0.5, 0.6) is 0 Å². The normalized spacial score (nSPS) is 20.1. The molecule has 2 fully saturated rings. The first-order valence-electron chi connectivity index (χ1n) is 9.83. The topological polar surface area (TPSA) is 103 Å². The number of nitrogens with one attached hydrogen (secondary N) is 2. The van der Waals surface area contributed by atoms with Crippen molar-refractivity contribution in [3.63, 3.8) is 0 Å². The molecule has 2 aliphatic heterocycles. The summed E-state index contributed by atoms with van der Waals surface area (Å²) in [6.07, 6.45) is 1.50. The Balaban J connectivity index is 0.00000320. The van der Waals surface area contributed by atoms with Gasteiger partial charge >= 0.3 is 0 Å². The molecule has 2 saturated heterocycles. The van der Waals surface area contributed by atoms with E-state index in [0.717, 1.165) is 24.4 Å². The molecule has 168 valence electrons. The van der Waals surface area contributed by atoms with E-state index in [2.05, 4.69) is 19.9 Å². The average Bonchev–Trinajstić information content (AvgIpc) is 3.29. The minimum atomic E-state index is -3.43. The lowest BCUT2D eigenvalue weighted by atomic mass is 10.2. The van der Waals surface area contributed by atoms with Gasteiger partial charge in [-0.05, 0) is 37.6 Å². The van der Waals surface area contributed by atoms with Crippen LogP contribution in [-0.2, 0) is 26.1 Å². The number of guanidine groups is 1. The molecule has 1 atom stereocenters. The highest BCUT2D eigenvalue weighted by Crippen LogP contribution is 2.16. The number of hydrogen-bond donors (Lipinski definition) is 2. The van der Waals surface area contributed by atoms with E-state index >= 15 is 0 Å². The van der Waals surface area contributed by atoms with Crippen LogP contribution in [-0.4, -0.2) is 83.1 Å². The summed E-state index contributed by atoms with van der Waals surface area (Å²) in [6.45, 7) is 3.91. The Morgan fingerprint density at radius 3 is 2.33 bits per heavy atom. The van der Waals surface area contributed by atoms with Crippen LogP contribution >= 0.6 is 24.0 Å². The Morgan fingerprint density at radius 2 is 1.80 bits per heavy atom. The number of piperazine rings is 1. The molecule has 0 saturated carbocycles. The third kappa shape index (κ3) is 6.05. The molecule has 0 aliphatic carbocycles. The van der Waals surface area contributed by atoms with Crippen molar-refractivity contribution in [2.75, 3.05) is 46.9 Å². The van der Waals surface area contributed by atoms with Gasteiger partial charge in [-0.1, -0.05) is 12.1 Å². The number of aliphatic imine (C=N–C) groups is 1. The molecule has 0 bridgehead atoms. The zero-order valence-corrected chi connectivity index (χ0v) is 20.5. The number of carbonyl (C=O) groups is 1. The van der Waals surface area contributed by atoms with Crippen molar-refractivity contribution in [1.29, 1.82) is 0 Å². The maximum absolute atomic E-state index is 12.5. The number of carbonyl (C=O) groups excluding carboxylic acids is 1. The van der Waals surface area contributed by atoms with Gasteiger partial charge in [0, 0.05) is 46.4 Å². The fraction of sp³-hybridized carbons (Fsp3) is 0.579. The second-order valence-electron chi connectivity index (χ2n) is 7.07. The molecule has 2 heterocycles. The summed E-state index contributed by atoms with van der Waals surface area (Å²) in [5, 5.41) is 3.31. The summed E-state index contributed by atoms with van der Waals surface area (Å²) in [6, 6.07) is 6.73. The highest BCUT2D eigenvalue weighted by molar-refractivity contribution is 14.0. The maximum atomic E-state index is 12.5. The predicted molar refractivity (Wildman–Crippen MR) is 125 cm³/mol. The summed E-state index contributed by atoms with van der Waals surface area (Å²) in [5.41, 5.74) is 0.952. The first-order chi connectivity index (χ1) is 13.9.